The highest BCUT2D eigenvalue weighted by Gasteiger charge is 2.12. The van der Waals surface area contributed by atoms with Crippen LogP contribution in [0.3, 0.4) is 0 Å². The van der Waals surface area contributed by atoms with Crippen LogP contribution < -0.4 is 21.3 Å². The molecule has 0 saturated heterocycles. The number of nitrogens with zero attached hydrogens (tertiary/aromatic N) is 2. The van der Waals surface area contributed by atoms with Gasteiger partial charge in [-0.2, -0.15) is 4.98 Å². The number of aromatic nitrogens is 2. The van der Waals surface area contributed by atoms with Crippen molar-refractivity contribution in [3.8, 4) is 11.6 Å². The number of benzene rings is 2. The molecule has 1 aromatic heterocycles. The van der Waals surface area contributed by atoms with Crippen LogP contribution in [0.15, 0.2) is 48.8 Å². The van der Waals surface area contributed by atoms with Crippen molar-refractivity contribution in [2.75, 3.05) is 11.2 Å². The van der Waals surface area contributed by atoms with Gasteiger partial charge in [-0.1, -0.05) is 17.7 Å². The van der Waals surface area contributed by atoms with Crippen LogP contribution in [0.5, 0.6) is 11.6 Å². The van der Waals surface area contributed by atoms with E-state index in [9.17, 15) is 4.79 Å². The van der Waals surface area contributed by atoms with E-state index in [1.54, 1.807) is 24.3 Å². The molecular formula is C19H18ClN5O2. The van der Waals surface area contributed by atoms with Gasteiger partial charge in [0.25, 0.3) is 5.91 Å². The highest BCUT2D eigenvalue weighted by atomic mass is 35.5. The van der Waals surface area contributed by atoms with E-state index in [1.165, 1.54) is 6.33 Å². The van der Waals surface area contributed by atoms with Gasteiger partial charge in [-0.05, 0) is 61.4 Å². The predicted octanol–water partition coefficient (Wildman–Crippen LogP) is 3.88. The molecule has 0 aliphatic rings. The Morgan fingerprint density at radius 3 is 2.52 bits per heavy atom. The molecule has 2 aromatic carbocycles. The zero-order valence-electron chi connectivity index (χ0n) is 14.8. The number of carbonyl (C=O) groups excluding carboxylic acids is 1. The van der Waals surface area contributed by atoms with Crippen molar-refractivity contribution in [2.24, 2.45) is 0 Å². The second kappa shape index (κ2) is 7.92. The molecule has 3 rings (SSSR count). The lowest BCUT2D eigenvalue weighted by Crippen LogP contribution is -2.30. The van der Waals surface area contributed by atoms with E-state index < -0.39 is 0 Å². The molecule has 0 radical (unpaired) electrons. The standard InChI is InChI=1S/C19H18ClN5O2/c1-11-3-8-15(9-12(11)2)27-19-16(21)17(22-10-23-19)24-25-18(26)13-4-6-14(20)7-5-13/h3-10H,21H2,1-2H3,(H,25,26)(H,22,23,24). The van der Waals surface area contributed by atoms with Crippen molar-refractivity contribution >= 4 is 29.0 Å². The maximum absolute atomic E-state index is 12.2. The Kier molecular flexibility index (Phi) is 5.42. The van der Waals surface area contributed by atoms with E-state index in [-0.39, 0.29) is 23.3 Å². The van der Waals surface area contributed by atoms with Crippen molar-refractivity contribution in [3.05, 3.63) is 70.5 Å². The van der Waals surface area contributed by atoms with Gasteiger partial charge in [0.05, 0.1) is 0 Å². The summed E-state index contributed by atoms with van der Waals surface area (Å²) in [5.41, 5.74) is 14.1. The topological polar surface area (TPSA) is 102 Å². The van der Waals surface area contributed by atoms with Gasteiger partial charge in [-0.3, -0.25) is 15.6 Å². The Bertz CT molecular complexity index is 976. The van der Waals surface area contributed by atoms with Crippen molar-refractivity contribution in [3.63, 3.8) is 0 Å². The van der Waals surface area contributed by atoms with Gasteiger partial charge >= 0.3 is 0 Å². The molecule has 27 heavy (non-hydrogen) atoms. The summed E-state index contributed by atoms with van der Waals surface area (Å²) in [7, 11) is 0. The lowest BCUT2D eigenvalue weighted by atomic mass is 10.1. The number of hydrazine groups is 1. The predicted molar refractivity (Wildman–Crippen MR) is 105 cm³/mol. The summed E-state index contributed by atoms with van der Waals surface area (Å²) in [6, 6.07) is 12.2. The van der Waals surface area contributed by atoms with E-state index >= 15 is 0 Å². The Morgan fingerprint density at radius 1 is 1.07 bits per heavy atom. The molecule has 8 heteroatoms. The highest BCUT2D eigenvalue weighted by molar-refractivity contribution is 6.30. The lowest BCUT2D eigenvalue weighted by Gasteiger charge is -2.13. The van der Waals surface area contributed by atoms with Crippen LogP contribution in [0.2, 0.25) is 5.02 Å². The van der Waals surface area contributed by atoms with Gasteiger partial charge in [0, 0.05) is 10.6 Å². The van der Waals surface area contributed by atoms with Crippen LogP contribution in [0.4, 0.5) is 11.5 Å². The molecule has 3 aromatic rings. The SMILES string of the molecule is Cc1ccc(Oc2ncnc(NNC(=O)c3ccc(Cl)cc3)c2N)cc1C. The first-order valence-electron chi connectivity index (χ1n) is 8.11. The van der Waals surface area contributed by atoms with Crippen molar-refractivity contribution < 1.29 is 9.53 Å². The quantitative estimate of drug-likeness (QED) is 0.578. The molecule has 0 fully saturated rings. The maximum Gasteiger partial charge on any atom is 0.269 e. The van der Waals surface area contributed by atoms with Crippen LogP contribution in [0.25, 0.3) is 0 Å². The summed E-state index contributed by atoms with van der Waals surface area (Å²) >= 11 is 5.82. The van der Waals surface area contributed by atoms with Crippen molar-refractivity contribution in [1.29, 1.82) is 0 Å². The van der Waals surface area contributed by atoms with Crippen molar-refractivity contribution in [2.45, 2.75) is 13.8 Å². The summed E-state index contributed by atoms with van der Waals surface area (Å²) in [6.45, 7) is 4.01. The van der Waals surface area contributed by atoms with Crippen molar-refractivity contribution in [1.82, 2.24) is 15.4 Å². The van der Waals surface area contributed by atoms with Crippen LogP contribution >= 0.6 is 11.6 Å². The minimum absolute atomic E-state index is 0.173. The third kappa shape index (κ3) is 4.45. The summed E-state index contributed by atoms with van der Waals surface area (Å²) in [6.07, 6.45) is 1.30. The first-order chi connectivity index (χ1) is 12.9. The van der Waals surface area contributed by atoms with Gasteiger partial charge in [-0.15, -0.1) is 0 Å². The molecule has 7 nitrogen and oxygen atoms in total. The summed E-state index contributed by atoms with van der Waals surface area (Å²) in [4.78, 5) is 20.2. The van der Waals surface area contributed by atoms with Gasteiger partial charge in [0.2, 0.25) is 5.88 Å². The normalized spacial score (nSPS) is 10.3. The Balaban J connectivity index is 1.71. The highest BCUT2D eigenvalue weighted by Crippen LogP contribution is 2.29. The minimum atomic E-state index is -0.360. The molecule has 0 unspecified atom stereocenters. The fourth-order valence-corrected chi connectivity index (χ4v) is 2.36. The minimum Gasteiger partial charge on any atom is -0.437 e. The third-order valence-corrected chi connectivity index (χ3v) is 4.19. The van der Waals surface area contributed by atoms with E-state index in [0.717, 1.165) is 11.1 Å². The van der Waals surface area contributed by atoms with E-state index in [1.807, 2.05) is 32.0 Å². The van der Waals surface area contributed by atoms with Crippen LogP contribution in [0.1, 0.15) is 21.5 Å². The van der Waals surface area contributed by atoms with Gasteiger partial charge < -0.3 is 10.5 Å². The number of hydrogen-bond donors (Lipinski definition) is 3. The van der Waals surface area contributed by atoms with E-state index in [2.05, 4.69) is 20.8 Å². The summed E-state index contributed by atoms with van der Waals surface area (Å²) in [5, 5.41) is 0.549. The van der Waals surface area contributed by atoms with Gasteiger partial charge in [0.1, 0.15) is 17.8 Å². The number of nitrogens with two attached hydrogens (primary N) is 1. The average Bonchev–Trinajstić information content (AvgIpc) is 2.66. The second-order valence-electron chi connectivity index (χ2n) is 5.88. The monoisotopic (exact) mass is 383 g/mol. The number of amides is 1. The molecule has 138 valence electrons. The van der Waals surface area contributed by atoms with Gasteiger partial charge in [-0.25, -0.2) is 4.98 Å². The van der Waals surface area contributed by atoms with E-state index in [0.29, 0.717) is 16.3 Å². The molecule has 0 atom stereocenters. The largest absolute Gasteiger partial charge is 0.437 e. The number of rotatable bonds is 5. The Hall–Kier alpha value is -3.32. The molecule has 1 heterocycles. The van der Waals surface area contributed by atoms with Crippen LogP contribution in [-0.2, 0) is 0 Å². The summed E-state index contributed by atoms with van der Waals surface area (Å²) < 4.78 is 5.75. The molecule has 0 bridgehead atoms. The number of nitrogens with one attached hydrogen (secondary N) is 2. The molecule has 4 N–H and O–H groups in total. The fraction of sp³-hybridized carbons (Fsp3) is 0.105. The number of ether oxygens (including phenoxy) is 1. The molecular weight excluding hydrogens is 366 g/mol. The fourth-order valence-electron chi connectivity index (χ4n) is 2.24. The lowest BCUT2D eigenvalue weighted by molar-refractivity contribution is 0.0962. The molecule has 0 spiro atoms. The first kappa shape index (κ1) is 18.5. The Labute approximate surface area is 161 Å². The molecule has 0 saturated carbocycles. The van der Waals surface area contributed by atoms with E-state index in [4.69, 9.17) is 22.1 Å². The smallest absolute Gasteiger partial charge is 0.269 e. The molecule has 0 aliphatic heterocycles. The number of anilines is 2. The Morgan fingerprint density at radius 2 is 1.81 bits per heavy atom. The zero-order valence-corrected chi connectivity index (χ0v) is 15.5. The summed E-state index contributed by atoms with van der Waals surface area (Å²) in [5.74, 6) is 0.670. The maximum atomic E-state index is 12.2. The number of halogens is 1. The third-order valence-electron chi connectivity index (χ3n) is 3.94. The number of nitrogen functional groups attached to an aromatic ring is 1. The molecule has 0 aliphatic carbocycles. The number of aryl methyl sites for hydroxylation is 2. The number of carbonyl (C=O) groups is 1. The van der Waals surface area contributed by atoms with Gasteiger partial charge in [0.15, 0.2) is 5.82 Å². The van der Waals surface area contributed by atoms with Crippen LogP contribution in [0, 0.1) is 13.8 Å². The second-order valence-corrected chi connectivity index (χ2v) is 6.31. The average molecular weight is 384 g/mol. The zero-order chi connectivity index (χ0) is 19.4. The van der Waals surface area contributed by atoms with Crippen LogP contribution in [-0.4, -0.2) is 15.9 Å². The molecule has 1 amide bonds. The first-order valence-corrected chi connectivity index (χ1v) is 8.49. The number of hydrogen-bond acceptors (Lipinski definition) is 6.